The van der Waals surface area contributed by atoms with Crippen molar-refractivity contribution >= 4 is 33.4 Å². The summed E-state index contributed by atoms with van der Waals surface area (Å²) >= 11 is 0. The van der Waals surface area contributed by atoms with E-state index >= 15 is 0 Å². The molecule has 4 N–H and O–H groups in total. The van der Waals surface area contributed by atoms with Gasteiger partial charge in [-0.2, -0.15) is 13.2 Å². The summed E-state index contributed by atoms with van der Waals surface area (Å²) in [6, 6.07) is 9.76. The third-order valence-electron chi connectivity index (χ3n) is 7.82. The Balaban J connectivity index is 1.40. The maximum atomic E-state index is 13.4. The van der Waals surface area contributed by atoms with Crippen molar-refractivity contribution in [2.24, 2.45) is 5.92 Å². The summed E-state index contributed by atoms with van der Waals surface area (Å²) < 4.78 is 66.5. The van der Waals surface area contributed by atoms with E-state index in [1.807, 2.05) is 13.8 Å². The second-order valence-corrected chi connectivity index (χ2v) is 13.6. The summed E-state index contributed by atoms with van der Waals surface area (Å²) in [4.78, 5) is 39.8. The van der Waals surface area contributed by atoms with Gasteiger partial charge in [-0.3, -0.25) is 9.59 Å². The van der Waals surface area contributed by atoms with Gasteiger partial charge in [-0.15, -0.1) is 0 Å². The second kappa shape index (κ2) is 14.0. The normalized spacial score (nSPS) is 20.5. The van der Waals surface area contributed by atoms with Gasteiger partial charge in [0.25, 0.3) is 5.91 Å². The highest BCUT2D eigenvalue weighted by Gasteiger charge is 2.36. The summed E-state index contributed by atoms with van der Waals surface area (Å²) in [5.74, 6) is -1.92. The van der Waals surface area contributed by atoms with Gasteiger partial charge in [0, 0.05) is 31.2 Å². The molecular formula is C30H38F3N5O5S. The quantitative estimate of drug-likeness (QED) is 0.313. The minimum Gasteiger partial charge on any atom is -0.352 e. The number of anilines is 1. The molecule has 10 nitrogen and oxygen atoms in total. The Morgan fingerprint density at radius 2 is 1.73 bits per heavy atom. The van der Waals surface area contributed by atoms with Crippen LogP contribution in [0.2, 0.25) is 0 Å². The molecule has 44 heavy (non-hydrogen) atoms. The highest BCUT2D eigenvalue weighted by atomic mass is 32.2. The predicted molar refractivity (Wildman–Crippen MR) is 159 cm³/mol. The van der Waals surface area contributed by atoms with Crippen LogP contribution in [0.25, 0.3) is 0 Å². The zero-order valence-electron chi connectivity index (χ0n) is 24.6. The molecule has 0 bridgehead atoms. The van der Waals surface area contributed by atoms with Crippen molar-refractivity contribution in [3.63, 3.8) is 0 Å². The van der Waals surface area contributed by atoms with Crippen LogP contribution in [0.5, 0.6) is 0 Å². The molecule has 0 spiro atoms. The summed E-state index contributed by atoms with van der Waals surface area (Å²) in [7, 11) is -3.59. The maximum absolute atomic E-state index is 13.4. The fraction of sp³-hybridized carbons (Fsp3) is 0.500. The second-order valence-electron chi connectivity index (χ2n) is 11.6. The number of sulfone groups is 1. The number of carbonyl (C=O) groups is 3. The van der Waals surface area contributed by atoms with Gasteiger partial charge in [0.15, 0.2) is 9.84 Å². The first-order valence-electron chi connectivity index (χ1n) is 14.6. The van der Waals surface area contributed by atoms with Crippen molar-refractivity contribution in [3.8, 4) is 0 Å². The van der Waals surface area contributed by atoms with Gasteiger partial charge in [-0.25, -0.2) is 13.2 Å². The van der Waals surface area contributed by atoms with E-state index in [0.29, 0.717) is 38.4 Å². The van der Waals surface area contributed by atoms with Crippen LogP contribution in [-0.4, -0.2) is 74.7 Å². The number of urea groups is 1. The lowest BCUT2D eigenvalue weighted by molar-refractivity contribution is -0.137. The van der Waals surface area contributed by atoms with Crippen molar-refractivity contribution in [1.82, 2.24) is 20.9 Å². The number of hydrogen-bond acceptors (Lipinski definition) is 6. The van der Waals surface area contributed by atoms with Gasteiger partial charge in [-0.1, -0.05) is 32.0 Å². The SMILES string of the molecule is CC(C)N[C@@H]1CC[C@@H](NC(=O)CNC(=O)c2cc(C(F)(F)F)ccc2NC(=O)N2CCC2)C[C@@H]1CS(=O)(=O)c1ccccc1. The largest absolute Gasteiger partial charge is 0.416 e. The Kier molecular flexibility index (Phi) is 10.6. The number of alkyl halides is 3. The lowest BCUT2D eigenvalue weighted by Crippen LogP contribution is -2.51. The number of nitrogens with zero attached hydrogens (tertiary/aromatic N) is 1. The molecule has 1 aliphatic carbocycles. The number of benzene rings is 2. The average Bonchev–Trinajstić information content (AvgIpc) is 2.92. The topological polar surface area (TPSA) is 137 Å². The molecule has 2 aliphatic rings. The van der Waals surface area contributed by atoms with Crippen molar-refractivity contribution in [3.05, 3.63) is 59.7 Å². The van der Waals surface area contributed by atoms with Gasteiger partial charge < -0.3 is 26.2 Å². The number of halogens is 3. The average molecular weight is 638 g/mol. The molecule has 1 saturated heterocycles. The fourth-order valence-corrected chi connectivity index (χ4v) is 7.19. The number of amides is 4. The third-order valence-corrected chi connectivity index (χ3v) is 9.67. The predicted octanol–water partition coefficient (Wildman–Crippen LogP) is 3.80. The molecule has 4 amide bonds. The van der Waals surface area contributed by atoms with E-state index in [1.54, 1.807) is 30.3 Å². The van der Waals surface area contributed by atoms with Crippen LogP contribution in [0.4, 0.5) is 23.7 Å². The van der Waals surface area contributed by atoms with Crippen molar-refractivity contribution < 1.29 is 36.0 Å². The third kappa shape index (κ3) is 8.72. The molecule has 0 unspecified atom stereocenters. The fourth-order valence-electron chi connectivity index (χ4n) is 5.50. The van der Waals surface area contributed by atoms with Crippen LogP contribution in [0.3, 0.4) is 0 Å². The standard InChI is InChI=1S/C30H38F3N5O5S/c1-19(2)35-25-12-10-22(15-20(25)18-44(42,43)23-7-4-3-5-8-23)36-27(39)17-34-28(40)24-16-21(30(31,32)33)9-11-26(24)37-29(41)38-13-6-14-38/h3-5,7-9,11,16,19-20,22,25,35H,6,10,12-15,17-18H2,1-2H3,(H,34,40)(H,36,39)(H,37,41)/t20-,22-,25-/m1/s1. The van der Waals surface area contributed by atoms with E-state index in [1.165, 1.54) is 4.90 Å². The Morgan fingerprint density at radius 1 is 1.02 bits per heavy atom. The monoisotopic (exact) mass is 637 g/mol. The first-order chi connectivity index (χ1) is 20.7. The Morgan fingerprint density at radius 3 is 2.34 bits per heavy atom. The van der Waals surface area contributed by atoms with E-state index in [4.69, 9.17) is 0 Å². The zero-order valence-corrected chi connectivity index (χ0v) is 25.4. The molecule has 2 aromatic rings. The molecule has 1 saturated carbocycles. The van der Waals surface area contributed by atoms with Gasteiger partial charge in [-0.05, 0) is 61.9 Å². The molecule has 0 radical (unpaired) electrons. The van der Waals surface area contributed by atoms with Gasteiger partial charge >= 0.3 is 12.2 Å². The Hall–Kier alpha value is -3.65. The van der Waals surface area contributed by atoms with Gasteiger partial charge in [0.2, 0.25) is 5.91 Å². The first kappa shape index (κ1) is 33.2. The minimum absolute atomic E-state index is 0.0767. The van der Waals surface area contributed by atoms with Crippen LogP contribution in [0, 0.1) is 5.92 Å². The molecule has 4 rings (SSSR count). The summed E-state index contributed by atoms with van der Waals surface area (Å²) in [6.45, 7) is 4.44. The molecule has 240 valence electrons. The lowest BCUT2D eigenvalue weighted by Gasteiger charge is -2.38. The highest BCUT2D eigenvalue weighted by Crippen LogP contribution is 2.32. The van der Waals surface area contributed by atoms with Gasteiger partial charge in [0.1, 0.15) is 0 Å². The van der Waals surface area contributed by atoms with Crippen LogP contribution >= 0.6 is 0 Å². The summed E-state index contributed by atoms with van der Waals surface area (Å²) in [6.07, 6.45) is -2.33. The molecule has 3 atom stereocenters. The van der Waals surface area contributed by atoms with E-state index in [0.717, 1.165) is 18.6 Å². The Labute approximate surface area is 255 Å². The number of hydrogen-bond donors (Lipinski definition) is 4. The zero-order chi connectivity index (χ0) is 32.1. The van der Waals surface area contributed by atoms with E-state index in [2.05, 4.69) is 21.3 Å². The number of carbonyl (C=O) groups excluding carboxylic acids is 3. The van der Waals surface area contributed by atoms with E-state index in [-0.39, 0.29) is 40.4 Å². The summed E-state index contributed by atoms with van der Waals surface area (Å²) in [5.41, 5.74) is -1.60. The number of likely N-dealkylation sites (tertiary alicyclic amines) is 1. The van der Waals surface area contributed by atoms with E-state index in [9.17, 15) is 36.0 Å². The van der Waals surface area contributed by atoms with Crippen molar-refractivity contribution in [1.29, 1.82) is 0 Å². The van der Waals surface area contributed by atoms with Crippen LogP contribution in [0.15, 0.2) is 53.4 Å². The molecule has 2 fully saturated rings. The smallest absolute Gasteiger partial charge is 0.352 e. The molecule has 14 heteroatoms. The van der Waals surface area contributed by atoms with Crippen LogP contribution in [-0.2, 0) is 20.8 Å². The minimum atomic E-state index is -4.72. The Bertz CT molecular complexity index is 1450. The van der Waals surface area contributed by atoms with E-state index < -0.39 is 51.5 Å². The van der Waals surface area contributed by atoms with Crippen LogP contribution in [0.1, 0.15) is 55.5 Å². The molecule has 1 heterocycles. The molecule has 0 aromatic heterocycles. The highest BCUT2D eigenvalue weighted by molar-refractivity contribution is 7.91. The molecule has 1 aliphatic heterocycles. The van der Waals surface area contributed by atoms with Crippen molar-refractivity contribution in [2.75, 3.05) is 30.7 Å². The number of rotatable bonds is 10. The summed E-state index contributed by atoms with van der Waals surface area (Å²) in [5, 5.41) is 11.1. The van der Waals surface area contributed by atoms with Gasteiger partial charge in [0.05, 0.1) is 34.0 Å². The number of nitrogens with one attached hydrogen (secondary N) is 4. The molecular weight excluding hydrogens is 599 g/mol. The van der Waals surface area contributed by atoms with Crippen molar-refractivity contribution in [2.45, 2.75) is 68.7 Å². The maximum Gasteiger partial charge on any atom is 0.416 e. The first-order valence-corrected chi connectivity index (χ1v) is 16.3. The van der Waals surface area contributed by atoms with Crippen LogP contribution < -0.4 is 21.3 Å². The lowest BCUT2D eigenvalue weighted by atomic mass is 9.82. The molecule has 2 aromatic carbocycles.